The lowest BCUT2D eigenvalue weighted by Gasteiger charge is -2.37. The number of carbonyl (C=O) groups is 1. The van der Waals surface area contributed by atoms with Crippen LogP contribution in [-0.4, -0.2) is 52.2 Å². The molecule has 1 aromatic heterocycles. The number of nitrogens with two attached hydrogens (primary N) is 1. The van der Waals surface area contributed by atoms with Crippen molar-refractivity contribution in [3.05, 3.63) is 46.4 Å². The second-order valence-electron chi connectivity index (χ2n) is 9.54. The van der Waals surface area contributed by atoms with Gasteiger partial charge in [-0.05, 0) is 44.0 Å². The van der Waals surface area contributed by atoms with Crippen LogP contribution in [0.4, 0.5) is 24.7 Å². The van der Waals surface area contributed by atoms with E-state index in [9.17, 15) is 18.0 Å². The predicted octanol–water partition coefficient (Wildman–Crippen LogP) is 3.39. The number of rotatable bonds is 4. The number of nitrogen functional groups attached to an aromatic ring is 1. The molecule has 4 heterocycles. The van der Waals surface area contributed by atoms with E-state index < -0.39 is 23.4 Å². The Bertz CT molecular complexity index is 1150. The summed E-state index contributed by atoms with van der Waals surface area (Å²) < 4.78 is 51.6. The summed E-state index contributed by atoms with van der Waals surface area (Å²) in [7, 11) is 0. The summed E-state index contributed by atoms with van der Waals surface area (Å²) >= 11 is 0. The second kappa shape index (κ2) is 8.63. The first-order valence-corrected chi connectivity index (χ1v) is 11.7. The van der Waals surface area contributed by atoms with Crippen LogP contribution in [0.5, 0.6) is 0 Å². The standard InChI is InChI=1S/C24H28F3N5O3/c1-13(15-7-16(24(25,26)27)9-17(28)8-15)29-21-19-11-32(5-3-20(19)30-14(2)31-21)22(33)23-10-18(34-12-23)4-6-35-23/h7-9,13,18H,3-6,10-12,28H2,1-2H3,(H,29,30,31)/t13-,18?,23?/m1/s1. The van der Waals surface area contributed by atoms with Crippen LogP contribution in [0.2, 0.25) is 0 Å². The predicted molar refractivity (Wildman–Crippen MR) is 121 cm³/mol. The highest BCUT2D eigenvalue weighted by molar-refractivity contribution is 5.86. The van der Waals surface area contributed by atoms with Gasteiger partial charge in [0.1, 0.15) is 11.6 Å². The lowest BCUT2D eigenvalue weighted by atomic mass is 9.93. The topological polar surface area (TPSA) is 103 Å². The first-order chi connectivity index (χ1) is 16.5. The molecule has 2 fully saturated rings. The van der Waals surface area contributed by atoms with Crippen molar-refractivity contribution < 1.29 is 27.4 Å². The van der Waals surface area contributed by atoms with Crippen molar-refractivity contribution in [1.82, 2.24) is 14.9 Å². The number of fused-ring (bicyclic) bond motifs is 3. The Morgan fingerprint density at radius 1 is 1.31 bits per heavy atom. The van der Waals surface area contributed by atoms with Crippen molar-refractivity contribution >= 4 is 17.4 Å². The first kappa shape index (κ1) is 23.8. The van der Waals surface area contributed by atoms with Gasteiger partial charge in [0, 0.05) is 30.6 Å². The fraction of sp³-hybridized carbons (Fsp3) is 0.542. The maximum Gasteiger partial charge on any atom is 0.416 e. The Kier molecular flexibility index (Phi) is 5.87. The molecule has 2 aromatic rings. The van der Waals surface area contributed by atoms with Gasteiger partial charge >= 0.3 is 6.18 Å². The van der Waals surface area contributed by atoms with Crippen molar-refractivity contribution in [2.45, 2.75) is 63.6 Å². The van der Waals surface area contributed by atoms with Crippen LogP contribution in [0, 0.1) is 6.92 Å². The van der Waals surface area contributed by atoms with Gasteiger partial charge in [0.25, 0.3) is 5.91 Å². The van der Waals surface area contributed by atoms with Crippen LogP contribution in [0.3, 0.4) is 0 Å². The number of alkyl halides is 3. The van der Waals surface area contributed by atoms with Gasteiger partial charge in [-0.15, -0.1) is 0 Å². The van der Waals surface area contributed by atoms with Crippen molar-refractivity contribution in [3.63, 3.8) is 0 Å². The molecule has 2 bridgehead atoms. The van der Waals surface area contributed by atoms with Crippen LogP contribution in [0.25, 0.3) is 0 Å². The summed E-state index contributed by atoms with van der Waals surface area (Å²) in [5, 5.41) is 3.24. The summed E-state index contributed by atoms with van der Waals surface area (Å²) in [5.74, 6) is 0.940. The van der Waals surface area contributed by atoms with Crippen LogP contribution in [0.1, 0.15) is 54.0 Å². The largest absolute Gasteiger partial charge is 0.416 e. The van der Waals surface area contributed by atoms with Crippen molar-refractivity contribution in [2.75, 3.05) is 30.8 Å². The van der Waals surface area contributed by atoms with Gasteiger partial charge in [-0.25, -0.2) is 9.97 Å². The van der Waals surface area contributed by atoms with E-state index in [1.54, 1.807) is 18.7 Å². The van der Waals surface area contributed by atoms with E-state index in [2.05, 4.69) is 15.3 Å². The Hall–Kier alpha value is -2.92. The highest BCUT2D eigenvalue weighted by Crippen LogP contribution is 2.38. The minimum absolute atomic E-state index is 0.0324. The molecule has 3 atom stereocenters. The van der Waals surface area contributed by atoms with E-state index in [-0.39, 0.29) is 30.9 Å². The molecular formula is C24H28F3N5O3. The number of halogens is 3. The van der Waals surface area contributed by atoms with E-state index in [1.807, 2.05) is 0 Å². The molecule has 11 heteroatoms. The van der Waals surface area contributed by atoms with Crippen LogP contribution < -0.4 is 11.1 Å². The van der Waals surface area contributed by atoms with Crippen molar-refractivity contribution in [2.24, 2.45) is 0 Å². The minimum atomic E-state index is -4.50. The molecule has 0 radical (unpaired) electrons. The average molecular weight is 492 g/mol. The molecule has 3 aliphatic heterocycles. The van der Waals surface area contributed by atoms with E-state index in [4.69, 9.17) is 15.2 Å². The molecule has 3 N–H and O–H groups in total. The molecule has 8 nitrogen and oxygen atoms in total. The number of carbonyl (C=O) groups excluding carboxylic acids is 1. The van der Waals surface area contributed by atoms with Gasteiger partial charge in [0.15, 0.2) is 5.60 Å². The van der Waals surface area contributed by atoms with Crippen LogP contribution >= 0.6 is 0 Å². The van der Waals surface area contributed by atoms with Crippen molar-refractivity contribution in [1.29, 1.82) is 0 Å². The number of nitrogens with zero attached hydrogens (tertiary/aromatic N) is 3. The number of hydrogen-bond acceptors (Lipinski definition) is 7. The third kappa shape index (κ3) is 4.54. The van der Waals surface area contributed by atoms with E-state index >= 15 is 0 Å². The smallest absolute Gasteiger partial charge is 0.399 e. The number of amides is 1. The summed E-state index contributed by atoms with van der Waals surface area (Å²) in [5.41, 5.74) is 6.00. The van der Waals surface area contributed by atoms with E-state index in [1.165, 1.54) is 6.07 Å². The third-order valence-electron chi connectivity index (χ3n) is 6.94. The summed E-state index contributed by atoms with van der Waals surface area (Å²) in [6.45, 7) is 5.04. The van der Waals surface area contributed by atoms with Crippen molar-refractivity contribution in [3.8, 4) is 0 Å². The van der Waals surface area contributed by atoms with Crippen LogP contribution in [0.15, 0.2) is 18.2 Å². The molecule has 2 saturated heterocycles. The summed E-state index contributed by atoms with van der Waals surface area (Å²) in [4.78, 5) is 24.3. The van der Waals surface area contributed by atoms with Gasteiger partial charge in [-0.3, -0.25) is 4.79 Å². The molecule has 2 unspecified atom stereocenters. The molecule has 0 aliphatic carbocycles. The fourth-order valence-corrected chi connectivity index (χ4v) is 5.12. The van der Waals surface area contributed by atoms with Gasteiger partial charge in [-0.1, -0.05) is 0 Å². The number of ether oxygens (including phenoxy) is 2. The maximum absolute atomic E-state index is 13.5. The molecule has 188 valence electrons. The quantitative estimate of drug-likeness (QED) is 0.632. The maximum atomic E-state index is 13.5. The number of hydrogen-bond donors (Lipinski definition) is 2. The zero-order valence-corrected chi connectivity index (χ0v) is 19.6. The first-order valence-electron chi connectivity index (χ1n) is 11.7. The number of nitrogens with one attached hydrogen (secondary N) is 1. The molecule has 0 saturated carbocycles. The van der Waals surface area contributed by atoms with Gasteiger partial charge < -0.3 is 25.4 Å². The number of aromatic nitrogens is 2. The lowest BCUT2D eigenvalue weighted by molar-refractivity contribution is -0.160. The fourth-order valence-electron chi connectivity index (χ4n) is 5.12. The normalized spacial score (nSPS) is 24.7. The summed E-state index contributed by atoms with van der Waals surface area (Å²) in [6.07, 6.45) is -2.56. The minimum Gasteiger partial charge on any atom is -0.399 e. The molecule has 5 rings (SSSR count). The molecule has 1 amide bonds. The van der Waals surface area contributed by atoms with Gasteiger partial charge in [0.05, 0.1) is 43.2 Å². The van der Waals surface area contributed by atoms with E-state index in [0.717, 1.165) is 29.8 Å². The monoisotopic (exact) mass is 491 g/mol. The van der Waals surface area contributed by atoms with Gasteiger partial charge in [0.2, 0.25) is 0 Å². The highest BCUT2D eigenvalue weighted by Gasteiger charge is 2.52. The van der Waals surface area contributed by atoms with Crippen LogP contribution in [-0.2, 0) is 33.4 Å². The molecule has 35 heavy (non-hydrogen) atoms. The lowest BCUT2D eigenvalue weighted by Crippen LogP contribution is -2.54. The number of benzene rings is 1. The Labute approximate surface area is 201 Å². The zero-order valence-electron chi connectivity index (χ0n) is 19.6. The molecule has 0 spiro atoms. The van der Waals surface area contributed by atoms with Gasteiger partial charge in [-0.2, -0.15) is 13.2 Å². The third-order valence-corrected chi connectivity index (χ3v) is 6.94. The SMILES string of the molecule is Cc1nc2c(c(N[C@H](C)c3cc(N)cc(C(F)(F)F)c3)n1)CN(C(=O)C13COC(CCO1)C3)CC2. The average Bonchev–Trinajstić information content (AvgIpc) is 3.11. The zero-order chi connectivity index (χ0) is 25.0. The second-order valence-corrected chi connectivity index (χ2v) is 9.54. The molecule has 3 aliphatic rings. The Balaban J connectivity index is 1.40. The molecular weight excluding hydrogens is 463 g/mol. The summed E-state index contributed by atoms with van der Waals surface area (Å²) in [6, 6.07) is 2.99. The Morgan fingerprint density at radius 2 is 2.11 bits per heavy atom. The van der Waals surface area contributed by atoms with E-state index in [0.29, 0.717) is 43.2 Å². The molecule has 1 aromatic carbocycles. The number of aryl methyl sites for hydroxylation is 1. The highest BCUT2D eigenvalue weighted by atomic mass is 19.4. The number of anilines is 2. The Morgan fingerprint density at radius 3 is 2.89 bits per heavy atom.